The molecule has 1 saturated carbocycles. The van der Waals surface area contributed by atoms with Crippen molar-refractivity contribution in [3.8, 4) is 0 Å². The van der Waals surface area contributed by atoms with E-state index in [0.29, 0.717) is 12.1 Å². The summed E-state index contributed by atoms with van der Waals surface area (Å²) in [5.74, 6) is -0.363. The van der Waals surface area contributed by atoms with E-state index in [4.69, 9.17) is 0 Å². The van der Waals surface area contributed by atoms with Crippen LogP contribution in [0.2, 0.25) is 0 Å². The number of benzene rings is 2. The van der Waals surface area contributed by atoms with Crippen molar-refractivity contribution < 1.29 is 18.0 Å². The molecule has 176 valence electrons. The molecule has 1 heterocycles. The van der Waals surface area contributed by atoms with Crippen LogP contribution in [0.1, 0.15) is 37.3 Å². The Kier molecular flexibility index (Phi) is 6.22. The van der Waals surface area contributed by atoms with E-state index in [0.717, 1.165) is 35.3 Å². The number of carbonyl (C=O) groups is 2. The Balaban J connectivity index is 1.42. The summed E-state index contributed by atoms with van der Waals surface area (Å²) in [5, 5.41) is 2.80. The minimum Gasteiger partial charge on any atom is -0.377 e. The maximum Gasteiger partial charge on any atom is 0.230 e. The molecule has 0 bridgehead atoms. The lowest BCUT2D eigenvalue weighted by molar-refractivity contribution is -0.120. The molecule has 1 unspecified atom stereocenters. The monoisotopic (exact) mass is 469 g/mol. The zero-order valence-corrected chi connectivity index (χ0v) is 20.4. The van der Waals surface area contributed by atoms with E-state index in [-0.39, 0.29) is 40.8 Å². The summed E-state index contributed by atoms with van der Waals surface area (Å²) in [5.41, 5.74) is 4.40. The van der Waals surface area contributed by atoms with Gasteiger partial charge in [-0.3, -0.25) is 9.59 Å². The van der Waals surface area contributed by atoms with Crippen molar-refractivity contribution in [3.63, 3.8) is 0 Å². The average molecular weight is 470 g/mol. The van der Waals surface area contributed by atoms with Gasteiger partial charge in [0.2, 0.25) is 11.8 Å². The molecular weight excluding hydrogens is 438 g/mol. The van der Waals surface area contributed by atoms with Crippen LogP contribution in [0.25, 0.3) is 0 Å². The third-order valence-corrected chi connectivity index (χ3v) is 8.08. The van der Waals surface area contributed by atoms with E-state index in [1.165, 1.54) is 0 Å². The molecule has 0 spiro atoms. The molecule has 0 saturated heterocycles. The number of anilines is 3. The standard InChI is InChI=1S/C25H31N3O4S/c1-16-5-8-20(15-23(16)27(3)4)26-24(29)11-12-33(31,32)21-9-10-22-19(14-21)13-17(2)28(22)25(30)18-6-7-18/h5,8-10,14-15,17-18H,6-7,11-13H2,1-4H3,(H,26,29). The summed E-state index contributed by atoms with van der Waals surface area (Å²) in [6, 6.07) is 10.6. The number of amides is 2. The molecule has 1 N–H and O–H groups in total. The lowest BCUT2D eigenvalue weighted by Crippen LogP contribution is -2.36. The van der Waals surface area contributed by atoms with Gasteiger partial charge in [-0.2, -0.15) is 0 Å². The predicted molar refractivity (Wildman–Crippen MR) is 131 cm³/mol. The molecule has 7 nitrogen and oxygen atoms in total. The Labute approximate surface area is 195 Å². The highest BCUT2D eigenvalue weighted by atomic mass is 32.2. The number of rotatable bonds is 7. The second-order valence-electron chi connectivity index (χ2n) is 9.34. The highest BCUT2D eigenvalue weighted by molar-refractivity contribution is 7.91. The minimum atomic E-state index is -3.63. The van der Waals surface area contributed by atoms with Gasteiger partial charge < -0.3 is 15.1 Å². The third kappa shape index (κ3) is 4.90. The van der Waals surface area contributed by atoms with Gasteiger partial charge in [-0.15, -0.1) is 0 Å². The fraction of sp³-hybridized carbons (Fsp3) is 0.440. The summed E-state index contributed by atoms with van der Waals surface area (Å²) < 4.78 is 25.8. The normalized spacial score (nSPS) is 17.6. The highest BCUT2D eigenvalue weighted by Gasteiger charge is 2.39. The average Bonchev–Trinajstić information content (AvgIpc) is 3.55. The fourth-order valence-electron chi connectivity index (χ4n) is 4.40. The molecule has 8 heteroatoms. The molecule has 1 aliphatic heterocycles. The van der Waals surface area contributed by atoms with Crippen LogP contribution >= 0.6 is 0 Å². The quantitative estimate of drug-likeness (QED) is 0.670. The number of nitrogens with zero attached hydrogens (tertiary/aromatic N) is 2. The third-order valence-electron chi connectivity index (χ3n) is 6.36. The topological polar surface area (TPSA) is 86.8 Å². The van der Waals surface area contributed by atoms with Gasteiger partial charge in [-0.05, 0) is 74.6 Å². The van der Waals surface area contributed by atoms with Crippen LogP contribution in [0.3, 0.4) is 0 Å². The molecule has 2 aromatic carbocycles. The summed E-state index contributed by atoms with van der Waals surface area (Å²) in [6.45, 7) is 3.98. The van der Waals surface area contributed by atoms with Crippen molar-refractivity contribution in [3.05, 3.63) is 47.5 Å². The lowest BCUT2D eigenvalue weighted by Gasteiger charge is -2.22. The second kappa shape index (κ2) is 8.82. The Hall–Kier alpha value is -2.87. The van der Waals surface area contributed by atoms with Gasteiger partial charge in [0.25, 0.3) is 0 Å². The minimum absolute atomic E-state index is 0.0263. The van der Waals surface area contributed by atoms with Gasteiger partial charge in [0, 0.05) is 49.5 Å². The Bertz CT molecular complexity index is 1200. The first-order valence-electron chi connectivity index (χ1n) is 11.3. The first-order valence-corrected chi connectivity index (χ1v) is 13.0. The molecule has 33 heavy (non-hydrogen) atoms. The molecule has 0 radical (unpaired) electrons. The van der Waals surface area contributed by atoms with Gasteiger partial charge in [0.05, 0.1) is 10.6 Å². The molecule has 2 amide bonds. The van der Waals surface area contributed by atoms with Gasteiger partial charge in [0.15, 0.2) is 9.84 Å². The van der Waals surface area contributed by atoms with E-state index < -0.39 is 9.84 Å². The molecule has 2 aliphatic rings. The number of hydrogen-bond acceptors (Lipinski definition) is 5. The number of carbonyl (C=O) groups excluding carboxylic acids is 2. The summed E-state index contributed by atoms with van der Waals surface area (Å²) in [7, 11) is 0.230. The Morgan fingerprint density at radius 3 is 2.52 bits per heavy atom. The summed E-state index contributed by atoms with van der Waals surface area (Å²) >= 11 is 0. The molecular formula is C25H31N3O4S. The second-order valence-corrected chi connectivity index (χ2v) is 11.4. The van der Waals surface area contributed by atoms with Crippen molar-refractivity contribution in [2.45, 2.75) is 50.5 Å². The van der Waals surface area contributed by atoms with E-state index in [1.54, 1.807) is 18.2 Å². The first kappa shape index (κ1) is 23.3. The van der Waals surface area contributed by atoms with E-state index in [2.05, 4.69) is 5.32 Å². The van der Waals surface area contributed by atoms with E-state index >= 15 is 0 Å². The van der Waals surface area contributed by atoms with Crippen LogP contribution in [0.15, 0.2) is 41.3 Å². The van der Waals surface area contributed by atoms with Crippen LogP contribution < -0.4 is 15.1 Å². The number of hydrogen-bond donors (Lipinski definition) is 1. The van der Waals surface area contributed by atoms with Crippen molar-refractivity contribution in [2.75, 3.05) is 35.0 Å². The van der Waals surface area contributed by atoms with Crippen LogP contribution in [0.4, 0.5) is 17.1 Å². The number of aryl methyl sites for hydroxylation is 1. The van der Waals surface area contributed by atoms with Crippen molar-refractivity contribution >= 4 is 38.7 Å². The Morgan fingerprint density at radius 1 is 1.12 bits per heavy atom. The van der Waals surface area contributed by atoms with E-state index in [1.807, 2.05) is 55.9 Å². The molecule has 1 atom stereocenters. The smallest absolute Gasteiger partial charge is 0.230 e. The lowest BCUT2D eigenvalue weighted by atomic mass is 10.1. The number of sulfone groups is 1. The summed E-state index contributed by atoms with van der Waals surface area (Å²) in [4.78, 5) is 29.1. The van der Waals surface area contributed by atoms with Crippen LogP contribution in [0, 0.1) is 12.8 Å². The van der Waals surface area contributed by atoms with E-state index in [9.17, 15) is 18.0 Å². The zero-order chi connectivity index (χ0) is 23.9. The van der Waals surface area contributed by atoms with Crippen LogP contribution in [-0.2, 0) is 25.8 Å². The molecule has 1 aliphatic carbocycles. The maximum atomic E-state index is 12.9. The molecule has 2 aromatic rings. The number of fused-ring (bicyclic) bond motifs is 1. The SMILES string of the molecule is Cc1ccc(NC(=O)CCS(=O)(=O)c2ccc3c(c2)CC(C)N3C(=O)C2CC2)cc1N(C)C. The van der Waals surface area contributed by atoms with Crippen molar-refractivity contribution in [2.24, 2.45) is 5.92 Å². The first-order chi connectivity index (χ1) is 15.6. The molecule has 1 fully saturated rings. The van der Waals surface area contributed by atoms with Crippen LogP contribution in [0.5, 0.6) is 0 Å². The van der Waals surface area contributed by atoms with Gasteiger partial charge >= 0.3 is 0 Å². The molecule has 4 rings (SSSR count). The highest BCUT2D eigenvalue weighted by Crippen LogP contribution is 2.39. The van der Waals surface area contributed by atoms with Gasteiger partial charge in [-0.25, -0.2) is 8.42 Å². The predicted octanol–water partition coefficient (Wildman–Crippen LogP) is 3.55. The molecule has 0 aromatic heterocycles. The largest absolute Gasteiger partial charge is 0.377 e. The Morgan fingerprint density at radius 2 is 1.85 bits per heavy atom. The van der Waals surface area contributed by atoms with Crippen molar-refractivity contribution in [1.29, 1.82) is 0 Å². The maximum absolute atomic E-state index is 12.9. The van der Waals surface area contributed by atoms with Gasteiger partial charge in [0.1, 0.15) is 0 Å². The number of nitrogens with one attached hydrogen (secondary N) is 1. The summed E-state index contributed by atoms with van der Waals surface area (Å²) in [6.07, 6.45) is 2.38. The van der Waals surface area contributed by atoms with Crippen LogP contribution in [-0.4, -0.2) is 46.1 Å². The van der Waals surface area contributed by atoms with Crippen molar-refractivity contribution in [1.82, 2.24) is 0 Å². The zero-order valence-electron chi connectivity index (χ0n) is 19.6. The fourth-order valence-corrected chi connectivity index (χ4v) is 5.69. The van der Waals surface area contributed by atoms with Gasteiger partial charge in [-0.1, -0.05) is 6.07 Å².